The molecule has 1 aromatic carbocycles. The van der Waals surface area contributed by atoms with E-state index in [0.29, 0.717) is 0 Å². The molecule has 0 spiro atoms. The van der Waals surface area contributed by atoms with Crippen LogP contribution in [0, 0.1) is 5.92 Å². The predicted octanol–water partition coefficient (Wildman–Crippen LogP) is 3.63. The van der Waals surface area contributed by atoms with Crippen LogP contribution in [-0.4, -0.2) is 11.7 Å². The molecule has 1 aromatic rings. The zero-order valence-electron chi connectivity index (χ0n) is 10.9. The van der Waals surface area contributed by atoms with Gasteiger partial charge in [0.2, 0.25) is 0 Å². The fourth-order valence-corrected chi connectivity index (χ4v) is 3.30. The van der Waals surface area contributed by atoms with E-state index in [-0.39, 0.29) is 6.10 Å². The molecule has 0 bridgehead atoms. The Morgan fingerprint density at radius 3 is 2.78 bits per heavy atom. The molecule has 0 aliphatic heterocycles. The molecular formula is C16H22O2. The fourth-order valence-electron chi connectivity index (χ4n) is 3.30. The highest BCUT2D eigenvalue weighted by atomic mass is 16.5. The van der Waals surface area contributed by atoms with E-state index in [9.17, 15) is 5.11 Å². The van der Waals surface area contributed by atoms with Crippen molar-refractivity contribution in [3.05, 3.63) is 29.3 Å². The summed E-state index contributed by atoms with van der Waals surface area (Å²) >= 11 is 0. The molecule has 1 unspecified atom stereocenters. The van der Waals surface area contributed by atoms with Gasteiger partial charge in [-0.25, -0.2) is 0 Å². The summed E-state index contributed by atoms with van der Waals surface area (Å²) in [5.41, 5.74) is 2.32. The van der Waals surface area contributed by atoms with Crippen LogP contribution in [0.5, 0.6) is 5.75 Å². The summed E-state index contributed by atoms with van der Waals surface area (Å²) in [5, 5.41) is 9.87. The van der Waals surface area contributed by atoms with Gasteiger partial charge in [-0.05, 0) is 43.2 Å². The van der Waals surface area contributed by atoms with Crippen molar-refractivity contribution in [1.29, 1.82) is 0 Å². The summed E-state index contributed by atoms with van der Waals surface area (Å²) in [6, 6.07) is 6.09. The van der Waals surface area contributed by atoms with Crippen molar-refractivity contribution in [2.75, 3.05) is 6.61 Å². The van der Waals surface area contributed by atoms with Crippen molar-refractivity contribution in [2.24, 2.45) is 5.92 Å². The molecule has 2 nitrogen and oxygen atoms in total. The number of ether oxygens (including phenoxy) is 1. The maximum atomic E-state index is 9.87. The van der Waals surface area contributed by atoms with Crippen LogP contribution in [0.15, 0.2) is 18.2 Å². The lowest BCUT2D eigenvalue weighted by Gasteiger charge is -2.22. The lowest BCUT2D eigenvalue weighted by molar-refractivity contribution is 0.180. The smallest absolute Gasteiger partial charge is 0.122 e. The van der Waals surface area contributed by atoms with E-state index in [0.717, 1.165) is 36.7 Å². The molecule has 3 rings (SSSR count). The molecule has 0 amide bonds. The van der Waals surface area contributed by atoms with Gasteiger partial charge in [0, 0.05) is 5.56 Å². The summed E-state index contributed by atoms with van der Waals surface area (Å²) in [4.78, 5) is 0. The van der Waals surface area contributed by atoms with E-state index in [4.69, 9.17) is 4.74 Å². The molecule has 2 aliphatic carbocycles. The third-order valence-electron chi connectivity index (χ3n) is 4.40. The van der Waals surface area contributed by atoms with Crippen molar-refractivity contribution in [3.63, 3.8) is 0 Å². The largest absolute Gasteiger partial charge is 0.493 e. The standard InChI is InChI=1S/C16H22O2/c17-15-10-9-14-13(15)7-4-8-16(14)18-11-12-5-2-1-3-6-12/h4,7-8,12,15,17H,1-3,5-6,9-11H2. The Bertz CT molecular complexity index is 408. The quantitative estimate of drug-likeness (QED) is 0.882. The summed E-state index contributed by atoms with van der Waals surface area (Å²) < 4.78 is 6.03. The van der Waals surface area contributed by atoms with Crippen LogP contribution in [0.2, 0.25) is 0 Å². The van der Waals surface area contributed by atoms with E-state index < -0.39 is 0 Å². The highest BCUT2D eigenvalue weighted by molar-refractivity contribution is 5.44. The van der Waals surface area contributed by atoms with Crippen LogP contribution in [0.25, 0.3) is 0 Å². The second kappa shape index (κ2) is 5.31. The number of hydrogen-bond acceptors (Lipinski definition) is 2. The zero-order valence-corrected chi connectivity index (χ0v) is 10.9. The second-order valence-electron chi connectivity index (χ2n) is 5.69. The van der Waals surface area contributed by atoms with E-state index in [1.807, 2.05) is 12.1 Å². The average molecular weight is 246 g/mol. The third-order valence-corrected chi connectivity index (χ3v) is 4.40. The molecule has 98 valence electrons. The molecule has 1 saturated carbocycles. The van der Waals surface area contributed by atoms with Crippen molar-refractivity contribution in [3.8, 4) is 5.75 Å². The first-order valence-corrected chi connectivity index (χ1v) is 7.27. The van der Waals surface area contributed by atoms with Crippen LogP contribution in [0.1, 0.15) is 55.8 Å². The van der Waals surface area contributed by atoms with Crippen molar-refractivity contribution in [1.82, 2.24) is 0 Å². The molecule has 2 heteroatoms. The molecule has 1 atom stereocenters. The van der Waals surface area contributed by atoms with Gasteiger partial charge in [-0.2, -0.15) is 0 Å². The van der Waals surface area contributed by atoms with Crippen molar-refractivity contribution in [2.45, 2.75) is 51.0 Å². The van der Waals surface area contributed by atoms with E-state index in [2.05, 4.69) is 6.07 Å². The van der Waals surface area contributed by atoms with Gasteiger partial charge in [-0.1, -0.05) is 31.4 Å². The second-order valence-corrected chi connectivity index (χ2v) is 5.69. The third kappa shape index (κ3) is 2.39. The van der Waals surface area contributed by atoms with Gasteiger partial charge in [0.1, 0.15) is 5.75 Å². The minimum Gasteiger partial charge on any atom is -0.493 e. The fraction of sp³-hybridized carbons (Fsp3) is 0.625. The van der Waals surface area contributed by atoms with E-state index in [1.165, 1.54) is 37.7 Å². The Kier molecular flexibility index (Phi) is 3.55. The summed E-state index contributed by atoms with van der Waals surface area (Å²) in [7, 11) is 0. The van der Waals surface area contributed by atoms with Crippen molar-refractivity contribution < 1.29 is 9.84 Å². The Morgan fingerprint density at radius 2 is 1.94 bits per heavy atom. The molecule has 0 radical (unpaired) electrons. The SMILES string of the molecule is OC1CCc2c(OCC3CCCCC3)cccc21. The molecular weight excluding hydrogens is 224 g/mol. The van der Waals surface area contributed by atoms with Crippen molar-refractivity contribution >= 4 is 0 Å². The molecule has 0 heterocycles. The number of aliphatic hydroxyl groups is 1. The molecule has 18 heavy (non-hydrogen) atoms. The van der Waals surface area contributed by atoms with Gasteiger partial charge in [0.05, 0.1) is 12.7 Å². The van der Waals surface area contributed by atoms with Crippen LogP contribution in [0.4, 0.5) is 0 Å². The maximum absolute atomic E-state index is 9.87. The zero-order chi connectivity index (χ0) is 12.4. The Labute approximate surface area is 109 Å². The first-order chi connectivity index (χ1) is 8.84. The Balaban J connectivity index is 1.66. The topological polar surface area (TPSA) is 29.5 Å². The number of hydrogen-bond donors (Lipinski definition) is 1. The van der Waals surface area contributed by atoms with Crippen LogP contribution >= 0.6 is 0 Å². The summed E-state index contributed by atoms with van der Waals surface area (Å²) in [6.45, 7) is 0.854. The monoisotopic (exact) mass is 246 g/mol. The van der Waals surface area contributed by atoms with Gasteiger partial charge < -0.3 is 9.84 Å². The highest BCUT2D eigenvalue weighted by Gasteiger charge is 2.23. The number of benzene rings is 1. The normalized spacial score (nSPS) is 23.9. The summed E-state index contributed by atoms with van der Waals surface area (Å²) in [5.74, 6) is 1.75. The van der Waals surface area contributed by atoms with Gasteiger partial charge >= 0.3 is 0 Å². The average Bonchev–Trinajstić information content (AvgIpc) is 2.80. The van der Waals surface area contributed by atoms with Gasteiger partial charge in [0.25, 0.3) is 0 Å². The molecule has 0 saturated heterocycles. The molecule has 2 aliphatic rings. The summed E-state index contributed by atoms with van der Waals surface area (Å²) in [6.07, 6.45) is 8.27. The van der Waals surface area contributed by atoms with E-state index >= 15 is 0 Å². The lowest BCUT2D eigenvalue weighted by atomic mass is 9.90. The van der Waals surface area contributed by atoms with Crippen LogP contribution in [0.3, 0.4) is 0 Å². The predicted molar refractivity (Wildman–Crippen MR) is 71.8 cm³/mol. The van der Waals surface area contributed by atoms with E-state index in [1.54, 1.807) is 0 Å². The first-order valence-electron chi connectivity index (χ1n) is 7.27. The maximum Gasteiger partial charge on any atom is 0.122 e. The molecule has 0 aromatic heterocycles. The minimum atomic E-state index is -0.279. The first kappa shape index (κ1) is 12.0. The molecule has 1 N–H and O–H groups in total. The van der Waals surface area contributed by atoms with Crippen LogP contribution < -0.4 is 4.74 Å². The Morgan fingerprint density at radius 1 is 1.11 bits per heavy atom. The number of rotatable bonds is 3. The number of aliphatic hydroxyl groups excluding tert-OH is 1. The van der Waals surface area contributed by atoms with Gasteiger partial charge in [-0.3, -0.25) is 0 Å². The molecule has 1 fully saturated rings. The lowest BCUT2D eigenvalue weighted by Crippen LogP contribution is -2.15. The Hall–Kier alpha value is -1.02. The van der Waals surface area contributed by atoms with Gasteiger partial charge in [0.15, 0.2) is 0 Å². The minimum absolute atomic E-state index is 0.279. The van der Waals surface area contributed by atoms with Gasteiger partial charge in [-0.15, -0.1) is 0 Å². The highest BCUT2D eigenvalue weighted by Crippen LogP contribution is 2.37. The number of fused-ring (bicyclic) bond motifs is 1. The van der Waals surface area contributed by atoms with Crippen LogP contribution in [-0.2, 0) is 6.42 Å².